The molecule has 0 aromatic carbocycles. The fourth-order valence-corrected chi connectivity index (χ4v) is 0.289. The average Bonchev–Trinajstić information content (AvgIpc) is 1.35. The van der Waals surface area contributed by atoms with Crippen molar-refractivity contribution in [1.29, 1.82) is 0 Å². The van der Waals surface area contributed by atoms with Gasteiger partial charge in [-0.3, -0.25) is 0 Å². The van der Waals surface area contributed by atoms with Crippen molar-refractivity contribution < 1.29 is 4.74 Å². The van der Waals surface area contributed by atoms with E-state index in [1.807, 2.05) is 20.8 Å². The van der Waals surface area contributed by atoms with Crippen LogP contribution in [0.4, 0.5) is 0 Å². The first-order chi connectivity index (χ1) is 2.77. The second kappa shape index (κ2) is 16.0. The van der Waals surface area contributed by atoms with Crippen molar-refractivity contribution in [1.82, 2.24) is 0 Å². The van der Waals surface area contributed by atoms with E-state index in [1.165, 1.54) is 0 Å². The minimum absolute atomic E-state index is 0. The summed E-state index contributed by atoms with van der Waals surface area (Å²) in [5, 5.41) is 0. The molecule has 0 aliphatic heterocycles. The van der Waals surface area contributed by atoms with Crippen molar-refractivity contribution in [3.05, 3.63) is 13.5 Å². The van der Waals surface area contributed by atoms with Crippen LogP contribution in [0.2, 0.25) is 0 Å². The van der Waals surface area contributed by atoms with Gasteiger partial charge in [-0.1, -0.05) is 0 Å². The topological polar surface area (TPSA) is 9.23 Å². The molecule has 0 heterocycles. The number of rotatable bonds is 2. The first-order valence-electron chi connectivity index (χ1n) is 2.20. The Hall–Kier alpha value is 1.02. The van der Waals surface area contributed by atoms with E-state index in [1.54, 1.807) is 0 Å². The minimum Gasteiger partial charge on any atom is -0.550 e. The normalized spacial score (nSPS) is 6.67. The van der Waals surface area contributed by atoms with Crippen LogP contribution < -0.4 is 0 Å². The van der Waals surface area contributed by atoms with Crippen LogP contribution in [0.25, 0.3) is 0 Å². The van der Waals surface area contributed by atoms with Crippen LogP contribution in [0, 0.1) is 13.5 Å². The number of ether oxygens (including phenoxy) is 1. The summed E-state index contributed by atoms with van der Waals surface area (Å²) in [5.41, 5.74) is 0. The van der Waals surface area contributed by atoms with E-state index in [-0.39, 0.29) is 42.9 Å². The molecule has 0 amide bonds. The Labute approximate surface area is 81.1 Å². The summed E-state index contributed by atoms with van der Waals surface area (Å²) >= 11 is 0. The Morgan fingerprint density at radius 1 is 1.33 bits per heavy atom. The molecule has 0 radical (unpaired) electrons. The van der Waals surface area contributed by atoms with Crippen LogP contribution in [0.1, 0.15) is 20.8 Å². The zero-order valence-corrected chi connectivity index (χ0v) is 8.96. The summed E-state index contributed by atoms with van der Waals surface area (Å²) < 4.78 is 4.96. The van der Waals surface area contributed by atoms with Gasteiger partial charge in [0.15, 0.2) is 0 Å². The molecule has 9 heavy (non-hydrogen) atoms. The molecule has 0 atom stereocenters. The predicted molar refractivity (Wildman–Crippen MR) is 45.6 cm³/mol. The SMILES string of the molecule is CCO[C-](C)C.Cl.[CH3-].[Mg+2]. The molecule has 0 aromatic heterocycles. The van der Waals surface area contributed by atoms with Gasteiger partial charge >= 0.3 is 23.1 Å². The molecule has 0 N–H and O–H groups in total. The van der Waals surface area contributed by atoms with Crippen LogP contribution in [-0.2, 0) is 4.74 Å². The van der Waals surface area contributed by atoms with Crippen molar-refractivity contribution >= 4 is 35.5 Å². The van der Waals surface area contributed by atoms with E-state index in [0.717, 1.165) is 12.7 Å². The zero-order valence-electron chi connectivity index (χ0n) is 6.73. The summed E-state index contributed by atoms with van der Waals surface area (Å²) in [6.45, 7) is 6.67. The summed E-state index contributed by atoms with van der Waals surface area (Å²) in [5.74, 6) is 0. The van der Waals surface area contributed by atoms with Crippen LogP contribution in [-0.4, -0.2) is 29.7 Å². The number of hydrogen-bond acceptors (Lipinski definition) is 1. The van der Waals surface area contributed by atoms with Gasteiger partial charge in [0, 0.05) is 6.61 Å². The summed E-state index contributed by atoms with van der Waals surface area (Å²) in [6.07, 6.45) is 1.04. The Balaban J connectivity index is -0.0000000417. The molecule has 0 saturated carbocycles. The van der Waals surface area contributed by atoms with Gasteiger partial charge in [0.2, 0.25) is 0 Å². The Morgan fingerprint density at radius 2 is 1.67 bits per heavy atom. The van der Waals surface area contributed by atoms with Gasteiger partial charge in [-0.15, -0.1) is 12.4 Å². The summed E-state index contributed by atoms with van der Waals surface area (Å²) in [6, 6.07) is 0. The fraction of sp³-hybridized carbons (Fsp3) is 0.667. The molecule has 54 valence electrons. The first kappa shape index (κ1) is 22.5. The maximum atomic E-state index is 4.96. The van der Waals surface area contributed by atoms with Gasteiger partial charge in [0.05, 0.1) is 0 Å². The van der Waals surface area contributed by atoms with Crippen molar-refractivity contribution in [3.8, 4) is 0 Å². The Morgan fingerprint density at radius 3 is 1.67 bits per heavy atom. The van der Waals surface area contributed by atoms with E-state index in [4.69, 9.17) is 4.74 Å². The summed E-state index contributed by atoms with van der Waals surface area (Å²) in [7, 11) is 0. The maximum absolute atomic E-state index is 4.96. The van der Waals surface area contributed by atoms with Gasteiger partial charge in [-0.05, 0) is 6.92 Å². The molecule has 1 nitrogen and oxygen atoms in total. The first-order valence-corrected chi connectivity index (χ1v) is 2.20. The van der Waals surface area contributed by atoms with Crippen molar-refractivity contribution in [2.45, 2.75) is 20.8 Å². The average molecular weight is 163 g/mol. The number of halogens is 1. The molecule has 0 rings (SSSR count). The van der Waals surface area contributed by atoms with Crippen LogP contribution in [0.3, 0.4) is 0 Å². The van der Waals surface area contributed by atoms with Gasteiger partial charge in [0.1, 0.15) is 0 Å². The molecule has 0 spiro atoms. The van der Waals surface area contributed by atoms with Crippen LogP contribution in [0.5, 0.6) is 0 Å². The quantitative estimate of drug-likeness (QED) is 0.447. The van der Waals surface area contributed by atoms with Crippen LogP contribution in [0.15, 0.2) is 0 Å². The molecule has 0 aromatic rings. The molecule has 0 saturated heterocycles. The zero-order chi connectivity index (χ0) is 4.99. The molecular weight excluding hydrogens is 148 g/mol. The fourth-order valence-electron chi connectivity index (χ4n) is 0.289. The predicted octanol–water partition coefficient (Wildman–Crippen LogP) is 2.09. The third kappa shape index (κ3) is 27.5. The molecular formula is C6H15ClMgO. The van der Waals surface area contributed by atoms with Crippen molar-refractivity contribution in [2.75, 3.05) is 6.61 Å². The van der Waals surface area contributed by atoms with Gasteiger partial charge in [0.25, 0.3) is 0 Å². The third-order valence-electron chi connectivity index (χ3n) is 0.433. The standard InChI is InChI=1S/C5H11O.CH3.ClH.Mg/c1-4-6-5(2)3;;;/h4H2,1-3H3;1H3;1H;/q2*-1;;+2. The van der Waals surface area contributed by atoms with Crippen molar-refractivity contribution in [2.24, 2.45) is 0 Å². The van der Waals surface area contributed by atoms with E-state index in [2.05, 4.69) is 0 Å². The largest absolute Gasteiger partial charge is 2.00 e. The van der Waals surface area contributed by atoms with E-state index >= 15 is 0 Å². The second-order valence-corrected chi connectivity index (χ2v) is 1.34. The smallest absolute Gasteiger partial charge is 0.550 e. The molecule has 0 bridgehead atoms. The van der Waals surface area contributed by atoms with Gasteiger partial charge in [-0.2, -0.15) is 13.8 Å². The maximum Gasteiger partial charge on any atom is 2.00 e. The Kier molecular flexibility index (Phi) is 40.0. The number of hydrogen-bond donors (Lipinski definition) is 0. The second-order valence-electron chi connectivity index (χ2n) is 1.34. The minimum atomic E-state index is 0. The molecule has 0 aliphatic rings. The van der Waals surface area contributed by atoms with E-state index in [9.17, 15) is 0 Å². The van der Waals surface area contributed by atoms with Gasteiger partial charge in [-0.25, -0.2) is 6.10 Å². The third-order valence-corrected chi connectivity index (χ3v) is 0.433. The molecule has 3 heteroatoms. The monoisotopic (exact) mass is 162 g/mol. The van der Waals surface area contributed by atoms with Gasteiger partial charge < -0.3 is 12.2 Å². The van der Waals surface area contributed by atoms with E-state index in [0.29, 0.717) is 0 Å². The molecule has 0 aliphatic carbocycles. The van der Waals surface area contributed by atoms with E-state index < -0.39 is 0 Å². The molecule has 0 fully saturated rings. The molecule has 0 unspecified atom stereocenters. The Bertz CT molecular complexity index is 34.2. The van der Waals surface area contributed by atoms with Crippen LogP contribution >= 0.6 is 12.4 Å². The summed E-state index contributed by atoms with van der Waals surface area (Å²) in [4.78, 5) is 0. The van der Waals surface area contributed by atoms with Crippen molar-refractivity contribution in [3.63, 3.8) is 0 Å².